The zero-order chi connectivity index (χ0) is 21.1. The highest BCUT2D eigenvalue weighted by Gasteiger charge is 2.22. The molecule has 0 saturated carbocycles. The predicted octanol–water partition coefficient (Wildman–Crippen LogP) is 5.14. The van der Waals surface area contributed by atoms with Crippen LogP contribution < -0.4 is 0 Å². The molecule has 3 rings (SSSR count). The number of hydrogen-bond acceptors (Lipinski definition) is 5. The molecule has 29 heavy (non-hydrogen) atoms. The van der Waals surface area contributed by atoms with Gasteiger partial charge in [-0.25, -0.2) is 0 Å². The molecule has 0 amide bonds. The van der Waals surface area contributed by atoms with Gasteiger partial charge < -0.3 is 0 Å². The maximum atomic E-state index is 12.8. The van der Waals surface area contributed by atoms with Gasteiger partial charge in [0.25, 0.3) is 0 Å². The van der Waals surface area contributed by atoms with Crippen LogP contribution in [0.2, 0.25) is 5.02 Å². The van der Waals surface area contributed by atoms with Crippen LogP contribution in [-0.2, 0) is 0 Å². The molecule has 5 nitrogen and oxygen atoms in total. The number of halogens is 1. The number of carbonyl (C=O) groups is 1. The quantitative estimate of drug-likeness (QED) is 0.385. The molecule has 0 aliphatic carbocycles. The molecule has 1 aromatic heterocycles. The Kier molecular flexibility index (Phi) is 6.77. The van der Waals surface area contributed by atoms with Crippen LogP contribution in [0.4, 0.5) is 0 Å². The van der Waals surface area contributed by atoms with E-state index in [-0.39, 0.29) is 11.8 Å². The van der Waals surface area contributed by atoms with E-state index in [9.17, 15) is 4.79 Å². The van der Waals surface area contributed by atoms with Gasteiger partial charge in [0.2, 0.25) is 0 Å². The average molecular weight is 429 g/mol. The van der Waals surface area contributed by atoms with Crippen molar-refractivity contribution >= 4 is 29.1 Å². The van der Waals surface area contributed by atoms with Gasteiger partial charge in [-0.1, -0.05) is 47.1 Å². The number of rotatable bonds is 7. The number of thioether (sulfide) groups is 1. The lowest BCUT2D eigenvalue weighted by atomic mass is 10.0. The molecule has 3 aromatic rings. The number of ketones is 1. The van der Waals surface area contributed by atoms with Crippen molar-refractivity contribution in [3.63, 3.8) is 0 Å². The summed E-state index contributed by atoms with van der Waals surface area (Å²) < 4.78 is 2.00. The van der Waals surface area contributed by atoms with Crippen molar-refractivity contribution in [2.75, 3.05) is 19.8 Å². The summed E-state index contributed by atoms with van der Waals surface area (Å²) in [4.78, 5) is 14.9. The SMILES string of the molecule is Cc1ccc(C(=O)CSc2nnc(C(C)N(C)C)n2-c2ccc(Cl)cc2)c(C)c1. The first-order valence-corrected chi connectivity index (χ1v) is 10.7. The maximum Gasteiger partial charge on any atom is 0.196 e. The van der Waals surface area contributed by atoms with Crippen molar-refractivity contribution in [2.24, 2.45) is 0 Å². The van der Waals surface area contributed by atoms with Crippen LogP contribution in [0, 0.1) is 13.8 Å². The van der Waals surface area contributed by atoms with E-state index in [2.05, 4.69) is 22.0 Å². The third-order valence-electron chi connectivity index (χ3n) is 4.91. The summed E-state index contributed by atoms with van der Waals surface area (Å²) in [6, 6.07) is 13.5. The van der Waals surface area contributed by atoms with E-state index >= 15 is 0 Å². The van der Waals surface area contributed by atoms with E-state index in [1.807, 2.05) is 75.0 Å². The minimum atomic E-state index is 0.0579. The molecule has 1 unspecified atom stereocenters. The first kappa shape index (κ1) is 21.6. The molecule has 0 aliphatic heterocycles. The summed E-state index contributed by atoms with van der Waals surface area (Å²) in [5.74, 6) is 1.20. The Bertz CT molecular complexity index is 1010. The second-order valence-electron chi connectivity index (χ2n) is 7.32. The zero-order valence-electron chi connectivity index (χ0n) is 17.3. The zero-order valence-corrected chi connectivity index (χ0v) is 18.9. The van der Waals surface area contributed by atoms with Crippen LogP contribution in [0.25, 0.3) is 5.69 Å². The Balaban J connectivity index is 1.90. The molecule has 0 saturated heterocycles. The molecule has 2 aromatic carbocycles. The maximum absolute atomic E-state index is 12.8. The predicted molar refractivity (Wildman–Crippen MR) is 119 cm³/mol. The van der Waals surface area contributed by atoms with E-state index in [1.165, 1.54) is 11.8 Å². The molecule has 0 aliphatic rings. The molecule has 1 atom stereocenters. The summed E-state index contributed by atoms with van der Waals surface area (Å²) in [5.41, 5.74) is 3.82. The van der Waals surface area contributed by atoms with Crippen molar-refractivity contribution in [2.45, 2.75) is 32.0 Å². The highest BCUT2D eigenvalue weighted by Crippen LogP contribution is 2.28. The first-order valence-electron chi connectivity index (χ1n) is 9.39. The molecule has 0 bridgehead atoms. The van der Waals surface area contributed by atoms with Crippen LogP contribution >= 0.6 is 23.4 Å². The van der Waals surface area contributed by atoms with Gasteiger partial charge in [0.1, 0.15) is 0 Å². The Hall–Kier alpha value is -2.15. The molecule has 0 radical (unpaired) electrons. The van der Waals surface area contributed by atoms with Crippen molar-refractivity contribution < 1.29 is 4.79 Å². The van der Waals surface area contributed by atoms with Crippen LogP contribution in [0.3, 0.4) is 0 Å². The Labute approximate surface area is 181 Å². The number of nitrogens with zero attached hydrogens (tertiary/aromatic N) is 4. The normalized spacial score (nSPS) is 12.4. The van der Waals surface area contributed by atoms with Crippen LogP contribution in [0.1, 0.15) is 40.3 Å². The molecule has 0 N–H and O–H groups in total. The lowest BCUT2D eigenvalue weighted by Gasteiger charge is -2.20. The summed E-state index contributed by atoms with van der Waals surface area (Å²) in [7, 11) is 4.00. The largest absolute Gasteiger partial charge is 0.300 e. The molecule has 7 heteroatoms. The second kappa shape index (κ2) is 9.11. The van der Waals surface area contributed by atoms with E-state index in [0.717, 1.165) is 28.2 Å². The first-order chi connectivity index (χ1) is 13.8. The molecule has 0 fully saturated rings. The molecule has 152 valence electrons. The van der Waals surface area contributed by atoms with Gasteiger partial charge in [-0.05, 0) is 64.7 Å². The summed E-state index contributed by atoms with van der Waals surface area (Å²) in [6.45, 7) is 6.07. The van der Waals surface area contributed by atoms with Crippen LogP contribution in [0.5, 0.6) is 0 Å². The minimum Gasteiger partial charge on any atom is -0.300 e. The van der Waals surface area contributed by atoms with Crippen molar-refractivity contribution in [3.8, 4) is 5.69 Å². The van der Waals surface area contributed by atoms with E-state index in [1.54, 1.807) is 0 Å². The fraction of sp³-hybridized carbons (Fsp3) is 0.318. The number of Topliss-reactive ketones (excluding diaryl/α,β-unsaturated/α-hetero) is 1. The van der Waals surface area contributed by atoms with Crippen LogP contribution in [0.15, 0.2) is 47.6 Å². The Morgan fingerprint density at radius 3 is 2.45 bits per heavy atom. The summed E-state index contributed by atoms with van der Waals surface area (Å²) in [5, 5.41) is 10.2. The lowest BCUT2D eigenvalue weighted by Crippen LogP contribution is -2.20. The standard InChI is InChI=1S/C22H25ClN4OS/c1-14-6-11-19(15(2)12-14)20(28)13-29-22-25-24-21(16(3)26(4)5)27(22)18-9-7-17(23)8-10-18/h6-12,16H,13H2,1-5H3. The topological polar surface area (TPSA) is 51.0 Å². The molecular weight excluding hydrogens is 404 g/mol. The Morgan fingerprint density at radius 2 is 1.83 bits per heavy atom. The van der Waals surface area contributed by atoms with Gasteiger partial charge in [-0.2, -0.15) is 0 Å². The molecular formula is C22H25ClN4OS. The van der Waals surface area contributed by atoms with E-state index < -0.39 is 0 Å². The number of hydrogen-bond donors (Lipinski definition) is 0. The highest BCUT2D eigenvalue weighted by molar-refractivity contribution is 7.99. The van der Waals surface area contributed by atoms with Gasteiger partial charge in [0, 0.05) is 16.3 Å². The third kappa shape index (κ3) is 4.89. The number of carbonyl (C=O) groups excluding carboxylic acids is 1. The smallest absolute Gasteiger partial charge is 0.196 e. The van der Waals surface area contributed by atoms with E-state index in [4.69, 9.17) is 11.6 Å². The third-order valence-corrected chi connectivity index (χ3v) is 6.09. The lowest BCUT2D eigenvalue weighted by molar-refractivity contribution is 0.102. The summed E-state index contributed by atoms with van der Waals surface area (Å²) in [6.07, 6.45) is 0. The van der Waals surface area contributed by atoms with Gasteiger partial charge >= 0.3 is 0 Å². The number of aromatic nitrogens is 3. The second-order valence-corrected chi connectivity index (χ2v) is 8.70. The minimum absolute atomic E-state index is 0.0579. The van der Waals surface area contributed by atoms with Crippen molar-refractivity contribution in [1.29, 1.82) is 0 Å². The number of aryl methyl sites for hydroxylation is 2. The fourth-order valence-corrected chi connectivity index (χ4v) is 4.01. The van der Waals surface area contributed by atoms with E-state index in [0.29, 0.717) is 15.9 Å². The number of benzene rings is 2. The van der Waals surface area contributed by atoms with Gasteiger partial charge in [-0.3, -0.25) is 14.3 Å². The molecule has 1 heterocycles. The van der Waals surface area contributed by atoms with Gasteiger partial charge in [0.15, 0.2) is 16.8 Å². The Morgan fingerprint density at radius 1 is 1.14 bits per heavy atom. The van der Waals surface area contributed by atoms with Gasteiger partial charge in [0.05, 0.1) is 11.8 Å². The monoisotopic (exact) mass is 428 g/mol. The molecule has 0 spiro atoms. The van der Waals surface area contributed by atoms with Crippen molar-refractivity contribution in [3.05, 3.63) is 70.0 Å². The highest BCUT2D eigenvalue weighted by atomic mass is 35.5. The summed E-state index contributed by atoms with van der Waals surface area (Å²) >= 11 is 7.46. The van der Waals surface area contributed by atoms with Crippen LogP contribution in [-0.4, -0.2) is 45.3 Å². The van der Waals surface area contributed by atoms with Gasteiger partial charge in [-0.15, -0.1) is 10.2 Å². The fourth-order valence-electron chi connectivity index (χ4n) is 3.04. The van der Waals surface area contributed by atoms with Crippen molar-refractivity contribution in [1.82, 2.24) is 19.7 Å². The average Bonchev–Trinajstić information content (AvgIpc) is 3.09.